The second kappa shape index (κ2) is 5.49. The van der Waals surface area contributed by atoms with E-state index in [2.05, 4.69) is 43.0 Å². The van der Waals surface area contributed by atoms with Gasteiger partial charge in [-0.1, -0.05) is 33.6 Å². The fourth-order valence-corrected chi connectivity index (χ4v) is 3.51. The van der Waals surface area contributed by atoms with Crippen molar-refractivity contribution >= 4 is 38.9 Å². The standard InChI is InChI=1S/C14H10BrClN2S/c15-11-6-10(7-12(16)8-11)14-17-3-4-18(14)9-13-2-1-5-19-13/h1-8H,9H2. The molecule has 0 unspecified atom stereocenters. The molecular weight excluding hydrogens is 344 g/mol. The largest absolute Gasteiger partial charge is 0.326 e. The molecule has 0 aliphatic carbocycles. The highest BCUT2D eigenvalue weighted by Gasteiger charge is 2.08. The van der Waals surface area contributed by atoms with Gasteiger partial charge in [0.1, 0.15) is 5.82 Å². The summed E-state index contributed by atoms with van der Waals surface area (Å²) in [5.41, 5.74) is 1.01. The van der Waals surface area contributed by atoms with Crippen LogP contribution in [0.2, 0.25) is 5.02 Å². The van der Waals surface area contributed by atoms with E-state index in [0.29, 0.717) is 5.02 Å². The molecule has 0 aliphatic heterocycles. The topological polar surface area (TPSA) is 17.8 Å². The summed E-state index contributed by atoms with van der Waals surface area (Å²) in [6, 6.07) is 10.0. The van der Waals surface area contributed by atoms with E-state index in [1.807, 2.05) is 30.6 Å². The minimum atomic E-state index is 0.704. The van der Waals surface area contributed by atoms with Crippen molar-refractivity contribution in [2.24, 2.45) is 0 Å². The van der Waals surface area contributed by atoms with Crippen LogP contribution in [0.15, 0.2) is 52.6 Å². The zero-order chi connectivity index (χ0) is 13.2. The Morgan fingerprint density at radius 3 is 2.95 bits per heavy atom. The third-order valence-corrected chi connectivity index (χ3v) is 4.28. The molecule has 2 nitrogen and oxygen atoms in total. The number of hydrogen-bond donors (Lipinski definition) is 0. The van der Waals surface area contributed by atoms with Crippen molar-refractivity contribution < 1.29 is 0 Å². The van der Waals surface area contributed by atoms with E-state index in [9.17, 15) is 0 Å². The van der Waals surface area contributed by atoms with E-state index in [1.54, 1.807) is 11.3 Å². The van der Waals surface area contributed by atoms with Crippen LogP contribution >= 0.6 is 38.9 Å². The normalized spacial score (nSPS) is 10.8. The summed E-state index contributed by atoms with van der Waals surface area (Å²) >= 11 is 11.3. The molecule has 5 heteroatoms. The first-order chi connectivity index (χ1) is 9.22. The van der Waals surface area contributed by atoms with Gasteiger partial charge in [0.2, 0.25) is 0 Å². The summed E-state index contributed by atoms with van der Waals surface area (Å²) in [6.45, 7) is 0.830. The van der Waals surface area contributed by atoms with Crippen LogP contribution in [-0.2, 0) is 6.54 Å². The van der Waals surface area contributed by atoms with Crippen molar-refractivity contribution in [3.63, 3.8) is 0 Å². The van der Waals surface area contributed by atoms with Gasteiger partial charge in [-0.3, -0.25) is 0 Å². The Kier molecular flexibility index (Phi) is 3.73. The molecule has 0 fully saturated rings. The zero-order valence-electron chi connectivity index (χ0n) is 9.88. The number of nitrogens with zero attached hydrogens (tertiary/aromatic N) is 2. The number of aromatic nitrogens is 2. The molecule has 0 aliphatic rings. The number of rotatable bonds is 3. The lowest BCUT2D eigenvalue weighted by Crippen LogP contribution is -1.99. The van der Waals surface area contributed by atoms with Crippen molar-refractivity contribution in [3.8, 4) is 11.4 Å². The van der Waals surface area contributed by atoms with E-state index >= 15 is 0 Å². The van der Waals surface area contributed by atoms with Crippen LogP contribution in [0.1, 0.15) is 4.88 Å². The smallest absolute Gasteiger partial charge is 0.140 e. The lowest BCUT2D eigenvalue weighted by molar-refractivity contribution is 0.820. The monoisotopic (exact) mass is 352 g/mol. The van der Waals surface area contributed by atoms with E-state index in [4.69, 9.17) is 11.6 Å². The van der Waals surface area contributed by atoms with E-state index in [1.165, 1.54) is 4.88 Å². The van der Waals surface area contributed by atoms with Gasteiger partial charge in [-0.05, 0) is 29.6 Å². The van der Waals surface area contributed by atoms with Crippen molar-refractivity contribution in [2.75, 3.05) is 0 Å². The minimum absolute atomic E-state index is 0.704. The molecule has 0 amide bonds. The molecule has 2 aromatic heterocycles. The predicted molar refractivity (Wildman–Crippen MR) is 83.8 cm³/mol. The number of benzene rings is 1. The number of hydrogen-bond acceptors (Lipinski definition) is 2. The molecule has 0 atom stereocenters. The molecular formula is C14H10BrClN2S. The quantitative estimate of drug-likeness (QED) is 0.642. The first-order valence-corrected chi connectivity index (χ1v) is 7.77. The summed E-state index contributed by atoms with van der Waals surface area (Å²) in [4.78, 5) is 5.74. The maximum atomic E-state index is 6.10. The second-order valence-electron chi connectivity index (χ2n) is 4.12. The van der Waals surface area contributed by atoms with Crippen LogP contribution in [0.5, 0.6) is 0 Å². The molecule has 0 saturated heterocycles. The highest BCUT2D eigenvalue weighted by Crippen LogP contribution is 2.27. The lowest BCUT2D eigenvalue weighted by atomic mass is 10.2. The van der Waals surface area contributed by atoms with Gasteiger partial charge in [0.05, 0.1) is 6.54 Å². The molecule has 3 aromatic rings. The highest BCUT2D eigenvalue weighted by molar-refractivity contribution is 9.10. The molecule has 0 saturated carbocycles. The molecule has 3 rings (SSSR count). The Bertz CT molecular complexity index is 671. The zero-order valence-corrected chi connectivity index (χ0v) is 13.0. The van der Waals surface area contributed by atoms with E-state index < -0.39 is 0 Å². The van der Waals surface area contributed by atoms with Crippen LogP contribution in [0.3, 0.4) is 0 Å². The molecule has 19 heavy (non-hydrogen) atoms. The van der Waals surface area contributed by atoms with Gasteiger partial charge >= 0.3 is 0 Å². The summed E-state index contributed by atoms with van der Waals surface area (Å²) < 4.78 is 3.09. The summed E-state index contributed by atoms with van der Waals surface area (Å²) in [5.74, 6) is 0.927. The van der Waals surface area contributed by atoms with Gasteiger partial charge < -0.3 is 4.57 Å². The molecule has 0 N–H and O–H groups in total. The first kappa shape index (κ1) is 12.9. The summed E-state index contributed by atoms with van der Waals surface area (Å²) in [5, 5.41) is 2.79. The predicted octanol–water partition coefficient (Wildman–Crippen LogP) is 5.08. The van der Waals surface area contributed by atoms with Gasteiger partial charge in [-0.15, -0.1) is 11.3 Å². The molecule has 0 radical (unpaired) electrons. The van der Waals surface area contributed by atoms with Crippen molar-refractivity contribution in [1.82, 2.24) is 9.55 Å². The van der Waals surface area contributed by atoms with Crippen molar-refractivity contribution in [3.05, 3.63) is 62.5 Å². The maximum Gasteiger partial charge on any atom is 0.140 e. The third kappa shape index (κ3) is 2.91. The highest BCUT2D eigenvalue weighted by atomic mass is 79.9. The van der Waals surface area contributed by atoms with Crippen LogP contribution in [0, 0.1) is 0 Å². The Labute approximate surface area is 128 Å². The van der Waals surface area contributed by atoms with Gasteiger partial charge in [0.25, 0.3) is 0 Å². The average molecular weight is 354 g/mol. The minimum Gasteiger partial charge on any atom is -0.326 e. The van der Waals surface area contributed by atoms with Gasteiger partial charge in [0, 0.05) is 32.3 Å². The van der Waals surface area contributed by atoms with Crippen molar-refractivity contribution in [1.29, 1.82) is 0 Å². The Morgan fingerprint density at radius 2 is 2.21 bits per heavy atom. The Hall–Kier alpha value is -1.10. The average Bonchev–Trinajstić information content (AvgIpc) is 2.99. The number of imidazole rings is 1. The second-order valence-corrected chi connectivity index (χ2v) is 6.50. The SMILES string of the molecule is Clc1cc(Br)cc(-c2nccn2Cc2cccs2)c1. The molecule has 96 valence electrons. The number of thiophene rings is 1. The summed E-state index contributed by atoms with van der Waals surface area (Å²) in [6.07, 6.45) is 3.81. The van der Waals surface area contributed by atoms with Gasteiger partial charge in [-0.2, -0.15) is 0 Å². The maximum absolute atomic E-state index is 6.10. The number of halogens is 2. The lowest BCUT2D eigenvalue weighted by Gasteiger charge is -2.07. The van der Waals surface area contributed by atoms with Crippen molar-refractivity contribution in [2.45, 2.75) is 6.54 Å². The molecule has 1 aromatic carbocycles. The third-order valence-electron chi connectivity index (χ3n) is 2.74. The molecule has 0 bridgehead atoms. The Balaban J connectivity index is 1.99. The van der Waals surface area contributed by atoms with E-state index in [-0.39, 0.29) is 0 Å². The fraction of sp³-hybridized carbons (Fsp3) is 0.0714. The fourth-order valence-electron chi connectivity index (χ4n) is 1.95. The summed E-state index contributed by atoms with van der Waals surface area (Å²) in [7, 11) is 0. The van der Waals surface area contributed by atoms with Crippen LogP contribution in [0.25, 0.3) is 11.4 Å². The van der Waals surface area contributed by atoms with Crippen LogP contribution < -0.4 is 0 Å². The van der Waals surface area contributed by atoms with E-state index in [0.717, 1.165) is 22.4 Å². The van der Waals surface area contributed by atoms with Crippen LogP contribution in [0.4, 0.5) is 0 Å². The van der Waals surface area contributed by atoms with Gasteiger partial charge in [0.15, 0.2) is 0 Å². The van der Waals surface area contributed by atoms with Gasteiger partial charge in [-0.25, -0.2) is 4.98 Å². The molecule has 2 heterocycles. The Morgan fingerprint density at radius 1 is 1.32 bits per heavy atom. The van der Waals surface area contributed by atoms with Crippen LogP contribution in [-0.4, -0.2) is 9.55 Å². The molecule has 0 spiro atoms. The first-order valence-electron chi connectivity index (χ1n) is 5.72.